The van der Waals surface area contributed by atoms with Crippen LogP contribution in [0, 0.1) is 23.7 Å². The highest BCUT2D eigenvalue weighted by Crippen LogP contribution is 2.01. The first-order valence-corrected chi connectivity index (χ1v) is 13.2. The van der Waals surface area contributed by atoms with E-state index in [1.165, 1.54) is 0 Å². The Morgan fingerprint density at radius 3 is 1.22 bits per heavy atom. The smallest absolute Gasteiger partial charge is 0.185 e. The molecule has 0 aromatic carbocycles. The topological polar surface area (TPSA) is 18.5 Å². The van der Waals surface area contributed by atoms with Crippen LogP contribution in [0.4, 0.5) is 0 Å². The van der Waals surface area contributed by atoms with E-state index >= 15 is 0 Å². The van der Waals surface area contributed by atoms with E-state index < -0.39 is 16.6 Å². The summed E-state index contributed by atoms with van der Waals surface area (Å²) in [5.41, 5.74) is 0. The fraction of sp³-hybridized carbons (Fsp3) is 0.714. The van der Waals surface area contributed by atoms with Crippen LogP contribution >= 0.6 is 0 Å². The van der Waals surface area contributed by atoms with Gasteiger partial charge in [-0.05, 0) is 39.3 Å². The van der Waals surface area contributed by atoms with Crippen LogP contribution in [0.25, 0.3) is 0 Å². The third-order valence-corrected chi connectivity index (χ3v) is 3.80. The molecule has 0 aromatic rings. The summed E-state index contributed by atoms with van der Waals surface area (Å²) in [6.07, 6.45) is 1.63. The summed E-state index contributed by atoms with van der Waals surface area (Å²) in [6, 6.07) is 0. The molecule has 4 heteroatoms. The molecule has 0 heterocycles. The van der Waals surface area contributed by atoms with E-state index in [9.17, 15) is 0 Å². The number of rotatable bonds is 5. The van der Waals surface area contributed by atoms with Gasteiger partial charge in [0.2, 0.25) is 0 Å². The van der Waals surface area contributed by atoms with Crippen molar-refractivity contribution in [2.75, 3.05) is 13.2 Å². The molecule has 0 saturated heterocycles. The molecule has 0 spiro atoms. The summed E-state index contributed by atoms with van der Waals surface area (Å²) in [4.78, 5) is 0. The second kappa shape index (κ2) is 8.55. The van der Waals surface area contributed by atoms with E-state index in [4.69, 9.17) is 8.85 Å². The van der Waals surface area contributed by atoms with Crippen LogP contribution in [0.3, 0.4) is 0 Å². The maximum Gasteiger partial charge on any atom is 0.185 e. The quantitative estimate of drug-likeness (QED) is 0.437. The van der Waals surface area contributed by atoms with Gasteiger partial charge in [0, 0.05) is 12.8 Å². The minimum absolute atomic E-state index is 0.557. The summed E-state index contributed by atoms with van der Waals surface area (Å²) in [5, 5.41) is 0. The molecule has 0 unspecified atom stereocenters. The molecular formula is C14H26O2Si2. The second-order valence-electron chi connectivity index (χ2n) is 6.01. The van der Waals surface area contributed by atoms with Crippen molar-refractivity contribution in [3.63, 3.8) is 0 Å². The minimum Gasteiger partial charge on any atom is -0.407 e. The predicted octanol–water partition coefficient (Wildman–Crippen LogP) is 3.48. The Morgan fingerprint density at radius 2 is 0.944 bits per heavy atom. The normalized spacial score (nSPS) is 11.2. The Bertz CT molecular complexity index is 306. The third kappa shape index (κ3) is 15.5. The lowest BCUT2D eigenvalue weighted by molar-refractivity contribution is 0.364. The van der Waals surface area contributed by atoms with Gasteiger partial charge >= 0.3 is 0 Å². The van der Waals surface area contributed by atoms with Crippen LogP contribution in [0.15, 0.2) is 0 Å². The van der Waals surface area contributed by atoms with Crippen molar-refractivity contribution in [1.82, 2.24) is 0 Å². The first-order valence-electron chi connectivity index (χ1n) is 6.40. The van der Waals surface area contributed by atoms with Gasteiger partial charge in [0.15, 0.2) is 16.6 Å². The number of hydrogen-bond acceptors (Lipinski definition) is 2. The van der Waals surface area contributed by atoms with Crippen molar-refractivity contribution < 1.29 is 8.85 Å². The molecule has 0 fully saturated rings. The van der Waals surface area contributed by atoms with Gasteiger partial charge in [0.1, 0.15) is 0 Å². The molecule has 0 saturated carbocycles. The van der Waals surface area contributed by atoms with Crippen LogP contribution in [0.5, 0.6) is 0 Å². The fourth-order valence-corrected chi connectivity index (χ4v) is 1.92. The molecule has 18 heavy (non-hydrogen) atoms. The van der Waals surface area contributed by atoms with Crippen molar-refractivity contribution in [1.29, 1.82) is 0 Å². The molecule has 0 radical (unpaired) electrons. The molecule has 0 rings (SSSR count). The molecule has 0 N–H and O–H groups in total. The Hall–Kier alpha value is -0.526. The average Bonchev–Trinajstić information content (AvgIpc) is 2.17. The summed E-state index contributed by atoms with van der Waals surface area (Å²) >= 11 is 0. The number of hydrogen-bond donors (Lipinski definition) is 0. The standard InChI is InChI=1S/C14H26O2Si2/c1-17(2,3)15-13-11-9-7-8-10-12-14-16-18(4,5)6/h7-8,13-14H2,1-6H3. The van der Waals surface area contributed by atoms with Gasteiger partial charge < -0.3 is 8.85 Å². The van der Waals surface area contributed by atoms with Crippen molar-refractivity contribution >= 4 is 16.6 Å². The van der Waals surface area contributed by atoms with Gasteiger partial charge in [-0.15, -0.1) is 0 Å². The first-order chi connectivity index (χ1) is 8.21. The highest BCUT2D eigenvalue weighted by Gasteiger charge is 2.12. The van der Waals surface area contributed by atoms with E-state index in [1.54, 1.807) is 0 Å². The highest BCUT2D eigenvalue weighted by atomic mass is 28.4. The van der Waals surface area contributed by atoms with E-state index in [0.29, 0.717) is 13.2 Å². The molecular weight excluding hydrogens is 256 g/mol. The molecule has 2 nitrogen and oxygen atoms in total. The SMILES string of the molecule is C[Si](C)(C)OCC#CCCC#CCO[Si](C)(C)C. The maximum atomic E-state index is 5.63. The molecule has 0 bridgehead atoms. The second-order valence-corrected chi connectivity index (χ2v) is 15.0. The van der Waals surface area contributed by atoms with Crippen molar-refractivity contribution in [2.24, 2.45) is 0 Å². The zero-order chi connectivity index (χ0) is 14.1. The van der Waals surface area contributed by atoms with Gasteiger partial charge in [-0.2, -0.15) is 0 Å². The van der Waals surface area contributed by atoms with Crippen LogP contribution in [0.1, 0.15) is 12.8 Å². The summed E-state index contributed by atoms with van der Waals surface area (Å²) in [5.74, 6) is 12.2. The lowest BCUT2D eigenvalue weighted by Crippen LogP contribution is -2.25. The van der Waals surface area contributed by atoms with Crippen LogP contribution in [0.2, 0.25) is 39.3 Å². The monoisotopic (exact) mass is 282 g/mol. The fourth-order valence-electron chi connectivity index (χ4n) is 0.909. The Morgan fingerprint density at radius 1 is 0.611 bits per heavy atom. The Kier molecular flexibility index (Phi) is 8.30. The van der Waals surface area contributed by atoms with Crippen molar-refractivity contribution in [3.05, 3.63) is 0 Å². The molecule has 0 amide bonds. The van der Waals surface area contributed by atoms with E-state index in [-0.39, 0.29) is 0 Å². The highest BCUT2D eigenvalue weighted by molar-refractivity contribution is 6.70. The summed E-state index contributed by atoms with van der Waals surface area (Å²) < 4.78 is 11.3. The zero-order valence-corrected chi connectivity index (χ0v) is 14.6. The lowest BCUT2D eigenvalue weighted by Gasteiger charge is -2.13. The zero-order valence-electron chi connectivity index (χ0n) is 12.6. The van der Waals surface area contributed by atoms with Crippen LogP contribution in [-0.4, -0.2) is 29.8 Å². The number of unbranched alkanes of at least 4 members (excludes halogenated alkanes) is 1. The van der Waals surface area contributed by atoms with E-state index in [0.717, 1.165) is 12.8 Å². The minimum atomic E-state index is -1.40. The molecule has 102 valence electrons. The van der Waals surface area contributed by atoms with E-state index in [1.807, 2.05) is 0 Å². The largest absolute Gasteiger partial charge is 0.407 e. The molecule has 0 aromatic heterocycles. The summed E-state index contributed by atoms with van der Waals surface area (Å²) in [6.45, 7) is 14.1. The van der Waals surface area contributed by atoms with Gasteiger partial charge in [0.25, 0.3) is 0 Å². The van der Waals surface area contributed by atoms with Crippen LogP contribution < -0.4 is 0 Å². The average molecular weight is 283 g/mol. The molecule has 0 aliphatic rings. The first kappa shape index (κ1) is 17.5. The van der Waals surface area contributed by atoms with Crippen molar-refractivity contribution in [2.45, 2.75) is 52.1 Å². The lowest BCUT2D eigenvalue weighted by atomic mass is 10.3. The predicted molar refractivity (Wildman–Crippen MR) is 83.4 cm³/mol. The van der Waals surface area contributed by atoms with Gasteiger partial charge in [-0.3, -0.25) is 0 Å². The van der Waals surface area contributed by atoms with Gasteiger partial charge in [0.05, 0.1) is 13.2 Å². The molecule has 0 aliphatic carbocycles. The Labute approximate surface area is 115 Å². The Balaban J connectivity index is 3.57. The van der Waals surface area contributed by atoms with Crippen molar-refractivity contribution in [3.8, 4) is 23.7 Å². The van der Waals surface area contributed by atoms with Gasteiger partial charge in [-0.25, -0.2) is 0 Å². The molecule has 0 atom stereocenters. The summed E-state index contributed by atoms with van der Waals surface area (Å²) in [7, 11) is -2.81. The maximum absolute atomic E-state index is 5.63. The van der Waals surface area contributed by atoms with Crippen LogP contribution in [-0.2, 0) is 8.85 Å². The van der Waals surface area contributed by atoms with Gasteiger partial charge in [-0.1, -0.05) is 23.7 Å². The van der Waals surface area contributed by atoms with E-state index in [2.05, 4.69) is 63.0 Å². The molecule has 0 aliphatic heterocycles. The third-order valence-electron chi connectivity index (χ3n) is 1.78.